The summed E-state index contributed by atoms with van der Waals surface area (Å²) in [6, 6.07) is 2.85. The van der Waals surface area contributed by atoms with Crippen molar-refractivity contribution in [2.45, 2.75) is 24.9 Å². The summed E-state index contributed by atoms with van der Waals surface area (Å²) < 4.78 is 76.0. The normalized spacial score (nSPS) is 13.8. The van der Waals surface area contributed by atoms with Gasteiger partial charge in [-0.25, -0.2) is 0 Å². The highest BCUT2D eigenvalue weighted by molar-refractivity contribution is 14.1. The summed E-state index contributed by atoms with van der Waals surface area (Å²) in [7, 11) is 0. The zero-order valence-electron chi connectivity index (χ0n) is 8.83. The van der Waals surface area contributed by atoms with Crippen molar-refractivity contribution in [2.24, 2.45) is 0 Å². The average Bonchev–Trinajstić information content (AvgIpc) is 2.12. The monoisotopic (exact) mass is 384 g/mol. The predicted molar refractivity (Wildman–Crippen MR) is 59.9 cm³/mol. The zero-order chi connectivity index (χ0) is 14.4. The van der Waals surface area contributed by atoms with Gasteiger partial charge in [0.25, 0.3) is 5.60 Å². The molecule has 1 N–H and O–H groups in total. The molecule has 0 spiro atoms. The Morgan fingerprint density at radius 1 is 1.00 bits per heavy atom. The quantitative estimate of drug-likeness (QED) is 0.575. The van der Waals surface area contributed by atoms with Crippen LogP contribution in [-0.2, 0) is 5.60 Å². The van der Waals surface area contributed by atoms with Crippen molar-refractivity contribution in [3.05, 3.63) is 32.9 Å². The largest absolute Gasteiger partial charge is 0.430 e. The Bertz CT molecular complexity index is 437. The molecule has 0 unspecified atom stereocenters. The van der Waals surface area contributed by atoms with Gasteiger partial charge in [0.2, 0.25) is 0 Å². The van der Waals surface area contributed by atoms with Crippen LogP contribution < -0.4 is 0 Å². The Balaban J connectivity index is 3.56. The molecule has 102 valence electrons. The molecule has 0 heterocycles. The van der Waals surface area contributed by atoms with E-state index >= 15 is 0 Å². The summed E-state index contributed by atoms with van der Waals surface area (Å²) in [5.74, 6) is 0. The molecule has 0 fully saturated rings. The number of halogens is 7. The first kappa shape index (κ1) is 15.5. The van der Waals surface area contributed by atoms with Crippen molar-refractivity contribution in [3.8, 4) is 0 Å². The summed E-state index contributed by atoms with van der Waals surface area (Å²) in [4.78, 5) is 0. The summed E-state index contributed by atoms with van der Waals surface area (Å²) in [5, 5.41) is 9.17. The van der Waals surface area contributed by atoms with Crippen LogP contribution in [0, 0.1) is 10.5 Å². The molecular formula is C10H7F6IO. The van der Waals surface area contributed by atoms with Crippen LogP contribution >= 0.6 is 22.6 Å². The third-order valence-corrected chi connectivity index (χ3v) is 3.07. The van der Waals surface area contributed by atoms with Crippen molar-refractivity contribution in [3.63, 3.8) is 0 Å². The van der Waals surface area contributed by atoms with Gasteiger partial charge in [0.1, 0.15) is 0 Å². The van der Waals surface area contributed by atoms with Crippen molar-refractivity contribution in [1.29, 1.82) is 0 Å². The fraction of sp³-hybridized carbons (Fsp3) is 0.400. The van der Waals surface area contributed by atoms with E-state index < -0.39 is 23.5 Å². The van der Waals surface area contributed by atoms with Gasteiger partial charge in [-0.2, -0.15) is 26.3 Å². The summed E-state index contributed by atoms with van der Waals surface area (Å²) in [6.45, 7) is 1.08. The van der Waals surface area contributed by atoms with Gasteiger partial charge in [-0.3, -0.25) is 0 Å². The molecule has 18 heavy (non-hydrogen) atoms. The first-order chi connectivity index (χ1) is 7.91. The fourth-order valence-electron chi connectivity index (χ4n) is 1.50. The number of alkyl halides is 6. The van der Waals surface area contributed by atoms with Crippen LogP contribution in [0.4, 0.5) is 26.3 Å². The number of hydrogen-bond acceptors (Lipinski definition) is 1. The van der Waals surface area contributed by atoms with Crippen LogP contribution in [-0.4, -0.2) is 17.5 Å². The van der Waals surface area contributed by atoms with Gasteiger partial charge in [-0.1, -0.05) is 6.07 Å². The van der Waals surface area contributed by atoms with Gasteiger partial charge >= 0.3 is 12.4 Å². The highest BCUT2D eigenvalue weighted by Gasteiger charge is 2.71. The molecule has 0 aliphatic heterocycles. The van der Waals surface area contributed by atoms with Gasteiger partial charge in [-0.05, 0) is 47.2 Å². The van der Waals surface area contributed by atoms with E-state index in [1.807, 2.05) is 0 Å². The Morgan fingerprint density at radius 2 is 1.44 bits per heavy atom. The summed E-state index contributed by atoms with van der Waals surface area (Å²) >= 11 is 1.75. The molecule has 1 aromatic rings. The second kappa shape index (κ2) is 4.55. The van der Waals surface area contributed by atoms with Crippen LogP contribution in [0.1, 0.15) is 11.1 Å². The van der Waals surface area contributed by atoms with Gasteiger partial charge < -0.3 is 5.11 Å². The Kier molecular flexibility index (Phi) is 3.93. The van der Waals surface area contributed by atoms with Gasteiger partial charge in [-0.15, -0.1) is 0 Å². The highest BCUT2D eigenvalue weighted by Crippen LogP contribution is 2.50. The minimum Gasteiger partial charge on any atom is -0.369 e. The van der Waals surface area contributed by atoms with Crippen LogP contribution in [0.5, 0.6) is 0 Å². The van der Waals surface area contributed by atoms with Crippen molar-refractivity contribution in [1.82, 2.24) is 0 Å². The molecule has 0 radical (unpaired) electrons. The van der Waals surface area contributed by atoms with Gasteiger partial charge in [0.05, 0.1) is 0 Å². The van der Waals surface area contributed by atoms with Crippen LogP contribution in [0.25, 0.3) is 0 Å². The lowest BCUT2D eigenvalue weighted by atomic mass is 9.89. The van der Waals surface area contributed by atoms with E-state index in [0.717, 1.165) is 19.1 Å². The SMILES string of the molecule is Cc1cc(I)ccc1C(O)(C(F)(F)F)C(F)(F)F. The smallest absolute Gasteiger partial charge is 0.369 e. The van der Waals surface area contributed by atoms with Crippen molar-refractivity contribution < 1.29 is 31.4 Å². The minimum atomic E-state index is -5.84. The third kappa shape index (κ3) is 2.44. The lowest BCUT2D eigenvalue weighted by Crippen LogP contribution is -2.54. The summed E-state index contributed by atoms with van der Waals surface area (Å²) in [6.07, 6.45) is -11.7. The lowest BCUT2D eigenvalue weighted by Gasteiger charge is -2.33. The van der Waals surface area contributed by atoms with E-state index in [9.17, 15) is 31.4 Å². The molecule has 1 nitrogen and oxygen atoms in total. The topological polar surface area (TPSA) is 20.2 Å². The maximum atomic E-state index is 12.6. The molecule has 0 aliphatic carbocycles. The van der Waals surface area contributed by atoms with E-state index in [1.165, 1.54) is 0 Å². The Labute approximate surface area is 112 Å². The maximum absolute atomic E-state index is 12.6. The second-order valence-electron chi connectivity index (χ2n) is 3.67. The van der Waals surface area contributed by atoms with Gasteiger partial charge in [0.15, 0.2) is 0 Å². The number of aryl methyl sites for hydroxylation is 1. The number of aliphatic hydroxyl groups is 1. The Morgan fingerprint density at radius 3 is 1.78 bits per heavy atom. The molecule has 8 heteroatoms. The van der Waals surface area contributed by atoms with E-state index in [0.29, 0.717) is 9.64 Å². The van der Waals surface area contributed by atoms with E-state index in [4.69, 9.17) is 0 Å². The minimum absolute atomic E-state index is 0.279. The molecule has 0 saturated carbocycles. The van der Waals surface area contributed by atoms with Crippen molar-refractivity contribution in [2.75, 3.05) is 0 Å². The predicted octanol–water partition coefficient (Wildman–Crippen LogP) is 3.91. The second-order valence-corrected chi connectivity index (χ2v) is 4.91. The first-order valence-electron chi connectivity index (χ1n) is 4.53. The molecular weight excluding hydrogens is 377 g/mol. The van der Waals surface area contributed by atoms with E-state index in [1.54, 1.807) is 22.6 Å². The Hall–Kier alpha value is -0.510. The molecule has 0 saturated heterocycles. The molecule has 0 aromatic heterocycles. The fourth-order valence-corrected chi connectivity index (χ4v) is 2.15. The zero-order valence-corrected chi connectivity index (χ0v) is 11.0. The third-order valence-electron chi connectivity index (χ3n) is 2.40. The van der Waals surface area contributed by atoms with Crippen molar-refractivity contribution >= 4 is 22.6 Å². The number of benzene rings is 1. The molecule has 0 aliphatic rings. The number of hydrogen-bond donors (Lipinski definition) is 1. The molecule has 0 atom stereocenters. The molecule has 0 amide bonds. The van der Waals surface area contributed by atoms with Crippen LogP contribution in [0.2, 0.25) is 0 Å². The first-order valence-corrected chi connectivity index (χ1v) is 5.61. The average molecular weight is 384 g/mol. The number of rotatable bonds is 1. The maximum Gasteiger partial charge on any atom is 0.430 e. The summed E-state index contributed by atoms with van der Waals surface area (Å²) in [5.41, 5.74) is -6.34. The lowest BCUT2D eigenvalue weighted by molar-refractivity contribution is -0.376. The van der Waals surface area contributed by atoms with Crippen LogP contribution in [0.15, 0.2) is 18.2 Å². The van der Waals surface area contributed by atoms with Crippen LogP contribution in [0.3, 0.4) is 0 Å². The van der Waals surface area contributed by atoms with Gasteiger partial charge in [0, 0.05) is 9.13 Å². The molecule has 1 rings (SSSR count). The molecule has 0 bridgehead atoms. The molecule has 1 aromatic carbocycles. The van der Waals surface area contributed by atoms with E-state index in [-0.39, 0.29) is 5.56 Å². The van der Waals surface area contributed by atoms with E-state index in [2.05, 4.69) is 0 Å². The highest BCUT2D eigenvalue weighted by atomic mass is 127. The standard InChI is InChI=1S/C10H7F6IO/c1-5-4-6(17)2-3-7(5)8(18,9(11,12)13)10(14,15)16/h2-4,18H,1H3.